The molecular weight excluding hydrogens is 436 g/mol. The molecule has 0 radical (unpaired) electrons. The number of ether oxygens (including phenoxy) is 2. The molecule has 1 aromatic carbocycles. The van der Waals surface area contributed by atoms with Crippen LogP contribution in [0, 0.1) is 5.92 Å². The molecule has 2 atom stereocenters. The van der Waals surface area contributed by atoms with Gasteiger partial charge in [0.25, 0.3) is 0 Å². The molecule has 1 aliphatic carbocycles. The molecule has 0 bridgehead atoms. The van der Waals surface area contributed by atoms with E-state index in [1.807, 2.05) is 49.1 Å². The Labute approximate surface area is 201 Å². The van der Waals surface area contributed by atoms with E-state index < -0.39 is 6.10 Å². The van der Waals surface area contributed by atoms with Crippen LogP contribution in [0.5, 0.6) is 5.75 Å². The number of benzene rings is 1. The molecule has 0 spiro atoms. The first-order chi connectivity index (χ1) is 16.0. The van der Waals surface area contributed by atoms with Crippen molar-refractivity contribution in [2.24, 2.45) is 5.92 Å². The van der Waals surface area contributed by atoms with E-state index in [0.29, 0.717) is 38.8 Å². The zero-order chi connectivity index (χ0) is 23.2. The second-order valence-corrected chi connectivity index (χ2v) is 10.5. The van der Waals surface area contributed by atoms with Gasteiger partial charge in [0, 0.05) is 24.5 Å². The van der Waals surface area contributed by atoms with Gasteiger partial charge in [-0.2, -0.15) is 0 Å². The van der Waals surface area contributed by atoms with Crippen LogP contribution in [0.15, 0.2) is 41.8 Å². The largest absolute Gasteiger partial charge is 0.491 e. The van der Waals surface area contributed by atoms with Gasteiger partial charge in [0.1, 0.15) is 12.4 Å². The third kappa shape index (κ3) is 7.03. The fourth-order valence-corrected chi connectivity index (χ4v) is 5.30. The summed E-state index contributed by atoms with van der Waals surface area (Å²) < 4.78 is 11.7. The van der Waals surface area contributed by atoms with Crippen molar-refractivity contribution in [2.75, 3.05) is 39.4 Å². The number of aliphatic hydroxyl groups is 1. The monoisotopic (exact) mass is 472 g/mol. The summed E-state index contributed by atoms with van der Waals surface area (Å²) in [6, 6.07) is 11.8. The van der Waals surface area contributed by atoms with Crippen molar-refractivity contribution in [3.63, 3.8) is 0 Å². The highest BCUT2D eigenvalue weighted by Gasteiger charge is 2.34. The first-order valence-electron chi connectivity index (χ1n) is 12.0. The lowest BCUT2D eigenvalue weighted by atomic mass is 10.0. The fraction of sp³-hybridized carbons (Fsp3) is 0.577. The van der Waals surface area contributed by atoms with E-state index in [2.05, 4.69) is 16.3 Å². The first kappa shape index (κ1) is 24.2. The van der Waals surface area contributed by atoms with E-state index in [1.165, 1.54) is 23.3 Å². The standard InChI is InChI=1S/C26H36N2O4S/c1-19(2)31-17-21(29)15-27(14-20-8-9-20)16-26(30)28-12-10-25-23(11-13-33-25)24(28)18-32-22-6-4-3-5-7-22/h3-7,11,13,19-21,24,29H,8-10,12,14-18H2,1-2H3/t21-,24+/m1/s1. The fourth-order valence-electron chi connectivity index (χ4n) is 4.37. The lowest BCUT2D eigenvalue weighted by molar-refractivity contribution is -0.136. The second-order valence-electron chi connectivity index (χ2n) is 9.45. The minimum atomic E-state index is -0.596. The number of carbonyl (C=O) groups excluding carboxylic acids is 1. The van der Waals surface area contributed by atoms with Crippen LogP contribution >= 0.6 is 11.3 Å². The van der Waals surface area contributed by atoms with Crippen LogP contribution in [-0.4, -0.2) is 72.4 Å². The Bertz CT molecular complexity index is 883. The predicted octanol–water partition coefficient (Wildman–Crippen LogP) is 3.75. The van der Waals surface area contributed by atoms with Crippen LogP contribution in [0.3, 0.4) is 0 Å². The summed E-state index contributed by atoms with van der Waals surface area (Å²) in [6.45, 7) is 6.98. The molecular formula is C26H36N2O4S. The maximum Gasteiger partial charge on any atom is 0.237 e. The molecule has 1 aromatic heterocycles. The van der Waals surface area contributed by atoms with Crippen LogP contribution in [0.4, 0.5) is 0 Å². The normalized spacial score (nSPS) is 19.1. The Hall–Kier alpha value is -1.93. The van der Waals surface area contributed by atoms with Gasteiger partial charge in [0.15, 0.2) is 0 Å². The van der Waals surface area contributed by atoms with Crippen molar-refractivity contribution in [1.82, 2.24) is 9.80 Å². The van der Waals surface area contributed by atoms with Crippen molar-refractivity contribution < 1.29 is 19.4 Å². The van der Waals surface area contributed by atoms with Crippen molar-refractivity contribution >= 4 is 17.2 Å². The molecule has 0 saturated heterocycles. The number of thiophene rings is 1. The Kier molecular flexibility index (Phi) is 8.41. The quantitative estimate of drug-likeness (QED) is 0.510. The van der Waals surface area contributed by atoms with Gasteiger partial charge in [-0.1, -0.05) is 18.2 Å². The van der Waals surface area contributed by atoms with E-state index in [-0.39, 0.29) is 18.1 Å². The average molecular weight is 473 g/mol. The van der Waals surface area contributed by atoms with Gasteiger partial charge >= 0.3 is 0 Å². The summed E-state index contributed by atoms with van der Waals surface area (Å²) >= 11 is 1.76. The van der Waals surface area contributed by atoms with Crippen molar-refractivity contribution in [3.8, 4) is 5.75 Å². The van der Waals surface area contributed by atoms with Crippen LogP contribution in [-0.2, 0) is 16.0 Å². The van der Waals surface area contributed by atoms with Gasteiger partial charge in [-0.3, -0.25) is 9.69 Å². The molecule has 2 aromatic rings. The minimum Gasteiger partial charge on any atom is -0.491 e. The van der Waals surface area contributed by atoms with E-state index in [0.717, 1.165) is 18.7 Å². The summed E-state index contributed by atoms with van der Waals surface area (Å²) in [4.78, 5) is 19.0. The number of hydrogen-bond acceptors (Lipinski definition) is 6. The Morgan fingerprint density at radius 2 is 2.03 bits per heavy atom. The Balaban J connectivity index is 1.42. The maximum atomic E-state index is 13.5. The third-order valence-corrected chi connectivity index (χ3v) is 7.23. The highest BCUT2D eigenvalue weighted by molar-refractivity contribution is 7.10. The first-order valence-corrected chi connectivity index (χ1v) is 12.9. The van der Waals surface area contributed by atoms with E-state index in [1.54, 1.807) is 11.3 Å². The van der Waals surface area contributed by atoms with Crippen molar-refractivity contribution in [3.05, 3.63) is 52.2 Å². The van der Waals surface area contributed by atoms with Gasteiger partial charge in [-0.25, -0.2) is 0 Å². The second kappa shape index (κ2) is 11.5. The summed E-state index contributed by atoms with van der Waals surface area (Å²) in [6.07, 6.45) is 2.78. The van der Waals surface area contributed by atoms with Crippen molar-refractivity contribution in [2.45, 2.75) is 51.4 Å². The molecule has 0 unspecified atom stereocenters. The molecule has 1 fully saturated rings. The number of nitrogens with zero attached hydrogens (tertiary/aromatic N) is 2. The van der Waals surface area contributed by atoms with Gasteiger partial charge in [0.2, 0.25) is 5.91 Å². The maximum absolute atomic E-state index is 13.5. The van der Waals surface area contributed by atoms with E-state index in [9.17, 15) is 9.90 Å². The molecule has 7 heteroatoms. The highest BCUT2D eigenvalue weighted by Crippen LogP contribution is 2.34. The number of rotatable bonds is 12. The minimum absolute atomic E-state index is 0.0803. The highest BCUT2D eigenvalue weighted by atomic mass is 32.1. The van der Waals surface area contributed by atoms with Crippen LogP contribution < -0.4 is 4.74 Å². The zero-order valence-electron chi connectivity index (χ0n) is 19.7. The van der Waals surface area contributed by atoms with Gasteiger partial charge in [-0.05, 0) is 68.2 Å². The zero-order valence-corrected chi connectivity index (χ0v) is 20.5. The average Bonchev–Trinajstić information content (AvgIpc) is 3.48. The molecule has 1 saturated carbocycles. The number of amides is 1. The van der Waals surface area contributed by atoms with Crippen LogP contribution in [0.1, 0.15) is 43.2 Å². The Morgan fingerprint density at radius 3 is 2.76 bits per heavy atom. The summed E-state index contributed by atoms with van der Waals surface area (Å²) in [5.41, 5.74) is 1.20. The molecule has 180 valence electrons. The molecule has 2 aliphatic rings. The number of aliphatic hydroxyl groups excluding tert-OH is 1. The topological polar surface area (TPSA) is 62.2 Å². The molecule has 6 nitrogen and oxygen atoms in total. The summed E-state index contributed by atoms with van der Waals surface area (Å²) in [5, 5.41) is 12.6. The lowest BCUT2D eigenvalue weighted by Gasteiger charge is -2.37. The van der Waals surface area contributed by atoms with Gasteiger partial charge < -0.3 is 19.5 Å². The molecule has 4 rings (SSSR count). The van der Waals surface area contributed by atoms with Crippen LogP contribution in [0.25, 0.3) is 0 Å². The predicted molar refractivity (Wildman–Crippen MR) is 131 cm³/mol. The van der Waals surface area contributed by atoms with E-state index >= 15 is 0 Å². The summed E-state index contributed by atoms with van der Waals surface area (Å²) in [5.74, 6) is 1.56. The molecule has 33 heavy (non-hydrogen) atoms. The van der Waals surface area contributed by atoms with Crippen molar-refractivity contribution in [1.29, 1.82) is 0 Å². The number of carbonyl (C=O) groups is 1. The molecule has 1 amide bonds. The van der Waals surface area contributed by atoms with Crippen LogP contribution in [0.2, 0.25) is 0 Å². The number of para-hydroxylation sites is 1. The number of hydrogen-bond donors (Lipinski definition) is 1. The molecule has 2 heterocycles. The molecule has 1 aliphatic heterocycles. The smallest absolute Gasteiger partial charge is 0.237 e. The number of fused-ring (bicyclic) bond motifs is 1. The Morgan fingerprint density at radius 1 is 1.24 bits per heavy atom. The molecule has 1 N–H and O–H groups in total. The third-order valence-electron chi connectivity index (χ3n) is 6.23. The summed E-state index contributed by atoms with van der Waals surface area (Å²) in [7, 11) is 0. The van der Waals surface area contributed by atoms with E-state index in [4.69, 9.17) is 9.47 Å². The van der Waals surface area contributed by atoms with Gasteiger partial charge in [-0.15, -0.1) is 11.3 Å². The lowest BCUT2D eigenvalue weighted by Crippen LogP contribution is -2.48. The van der Waals surface area contributed by atoms with Gasteiger partial charge in [0.05, 0.1) is 31.4 Å². The SMILES string of the molecule is CC(C)OC[C@H](O)CN(CC(=O)N1CCc2sccc2[C@@H]1COc1ccccc1)CC1CC1.